The van der Waals surface area contributed by atoms with Crippen molar-refractivity contribution in [2.75, 3.05) is 11.9 Å². The van der Waals surface area contributed by atoms with Crippen LogP contribution in [0, 0.1) is 0 Å². The fourth-order valence-corrected chi connectivity index (χ4v) is 2.23. The van der Waals surface area contributed by atoms with Gasteiger partial charge in [0.2, 0.25) is 0 Å². The number of pyridine rings is 1. The van der Waals surface area contributed by atoms with Crippen molar-refractivity contribution < 1.29 is 14.3 Å². The second-order valence-electron chi connectivity index (χ2n) is 4.24. The van der Waals surface area contributed by atoms with E-state index in [1.165, 1.54) is 12.1 Å². The van der Waals surface area contributed by atoms with E-state index in [1.54, 1.807) is 31.2 Å². The molecule has 0 atom stereocenters. The van der Waals surface area contributed by atoms with E-state index in [2.05, 4.69) is 10.3 Å². The smallest absolute Gasteiger partial charge is 0.356 e. The minimum absolute atomic E-state index is 0.0682. The average Bonchev–Trinajstić information content (AvgIpc) is 2.46. The summed E-state index contributed by atoms with van der Waals surface area (Å²) in [4.78, 5) is 27.8. The van der Waals surface area contributed by atoms with Gasteiger partial charge in [-0.3, -0.25) is 4.79 Å². The van der Waals surface area contributed by atoms with Crippen LogP contribution in [-0.2, 0) is 4.74 Å². The van der Waals surface area contributed by atoms with Gasteiger partial charge in [0, 0.05) is 15.7 Å². The van der Waals surface area contributed by atoms with Crippen LogP contribution in [0.15, 0.2) is 36.4 Å². The third-order valence-electron chi connectivity index (χ3n) is 2.59. The Labute approximate surface area is 137 Å². The van der Waals surface area contributed by atoms with Crippen molar-refractivity contribution in [1.29, 1.82) is 0 Å². The largest absolute Gasteiger partial charge is 0.461 e. The van der Waals surface area contributed by atoms with E-state index in [9.17, 15) is 9.59 Å². The van der Waals surface area contributed by atoms with Gasteiger partial charge < -0.3 is 10.1 Å². The number of benzene rings is 1. The second-order valence-corrected chi connectivity index (χ2v) is 5.11. The monoisotopic (exact) mass is 338 g/mol. The number of nitrogens with one attached hydrogen (secondary N) is 1. The van der Waals surface area contributed by atoms with Crippen LogP contribution in [0.1, 0.15) is 27.9 Å². The number of aromatic nitrogens is 1. The van der Waals surface area contributed by atoms with Crippen LogP contribution in [0.3, 0.4) is 0 Å². The molecule has 114 valence electrons. The van der Waals surface area contributed by atoms with Crippen LogP contribution < -0.4 is 5.32 Å². The van der Waals surface area contributed by atoms with Crippen molar-refractivity contribution in [3.05, 3.63) is 57.8 Å². The summed E-state index contributed by atoms with van der Waals surface area (Å²) in [7, 11) is 0. The number of nitrogens with zero attached hydrogens (tertiary/aromatic N) is 1. The molecule has 0 aliphatic carbocycles. The van der Waals surface area contributed by atoms with Gasteiger partial charge in [0.1, 0.15) is 11.4 Å². The minimum Gasteiger partial charge on any atom is -0.461 e. The minimum atomic E-state index is -0.581. The van der Waals surface area contributed by atoms with E-state index in [1.807, 2.05) is 0 Å². The number of hydrogen-bond acceptors (Lipinski definition) is 4. The van der Waals surface area contributed by atoms with E-state index in [0.717, 1.165) is 0 Å². The number of anilines is 1. The Morgan fingerprint density at radius 3 is 2.41 bits per heavy atom. The zero-order valence-electron chi connectivity index (χ0n) is 11.6. The number of halogens is 2. The van der Waals surface area contributed by atoms with E-state index in [-0.39, 0.29) is 18.0 Å². The maximum atomic E-state index is 12.2. The van der Waals surface area contributed by atoms with Gasteiger partial charge in [-0.15, -0.1) is 0 Å². The highest BCUT2D eigenvalue weighted by molar-refractivity contribution is 6.35. The zero-order chi connectivity index (χ0) is 16.1. The quantitative estimate of drug-likeness (QED) is 0.860. The molecule has 1 heterocycles. The lowest BCUT2D eigenvalue weighted by atomic mass is 10.2. The van der Waals surface area contributed by atoms with Crippen molar-refractivity contribution in [3.8, 4) is 0 Å². The molecule has 7 heteroatoms. The summed E-state index contributed by atoms with van der Waals surface area (Å²) >= 11 is 11.7. The molecule has 0 bridgehead atoms. The molecule has 0 aliphatic heterocycles. The molecule has 1 aromatic heterocycles. The maximum absolute atomic E-state index is 12.2. The molecule has 1 aromatic carbocycles. The number of carbonyl (C=O) groups excluding carboxylic acids is 2. The van der Waals surface area contributed by atoms with Crippen molar-refractivity contribution >= 4 is 40.8 Å². The first-order valence-corrected chi connectivity index (χ1v) is 7.17. The lowest BCUT2D eigenvalue weighted by Crippen LogP contribution is -2.16. The van der Waals surface area contributed by atoms with Crippen LogP contribution in [0.4, 0.5) is 5.69 Å². The van der Waals surface area contributed by atoms with E-state index < -0.39 is 11.9 Å². The fraction of sp³-hybridized carbons (Fsp3) is 0.133. The molecule has 1 amide bonds. The van der Waals surface area contributed by atoms with Gasteiger partial charge in [0.15, 0.2) is 0 Å². The Hall–Kier alpha value is -2.11. The highest BCUT2D eigenvalue weighted by atomic mass is 35.5. The molecule has 0 radical (unpaired) electrons. The van der Waals surface area contributed by atoms with Gasteiger partial charge in [-0.25, -0.2) is 9.78 Å². The highest BCUT2D eigenvalue weighted by Crippen LogP contribution is 2.22. The second kappa shape index (κ2) is 7.24. The molecule has 2 rings (SSSR count). The Balaban J connectivity index is 2.19. The molecule has 0 spiro atoms. The van der Waals surface area contributed by atoms with Gasteiger partial charge >= 0.3 is 5.97 Å². The van der Waals surface area contributed by atoms with Gasteiger partial charge in [-0.2, -0.15) is 0 Å². The van der Waals surface area contributed by atoms with Gasteiger partial charge in [-0.05, 0) is 37.3 Å². The predicted octanol–water partition coefficient (Wildman–Crippen LogP) is 3.82. The lowest BCUT2D eigenvalue weighted by Gasteiger charge is -2.07. The Morgan fingerprint density at radius 2 is 1.77 bits per heavy atom. The van der Waals surface area contributed by atoms with Crippen LogP contribution in [0.25, 0.3) is 0 Å². The van der Waals surface area contributed by atoms with E-state index in [0.29, 0.717) is 15.7 Å². The van der Waals surface area contributed by atoms with E-state index in [4.69, 9.17) is 27.9 Å². The van der Waals surface area contributed by atoms with Crippen molar-refractivity contribution in [3.63, 3.8) is 0 Å². The summed E-state index contributed by atoms with van der Waals surface area (Å²) in [6, 6.07) is 9.19. The Bertz CT molecular complexity index is 699. The molecule has 0 saturated heterocycles. The van der Waals surface area contributed by atoms with Crippen molar-refractivity contribution in [2.45, 2.75) is 6.92 Å². The van der Waals surface area contributed by atoms with Gasteiger partial charge in [0.05, 0.1) is 6.61 Å². The lowest BCUT2D eigenvalue weighted by molar-refractivity contribution is 0.0519. The number of rotatable bonds is 4. The maximum Gasteiger partial charge on any atom is 0.356 e. The van der Waals surface area contributed by atoms with Crippen LogP contribution >= 0.6 is 23.2 Å². The van der Waals surface area contributed by atoms with E-state index >= 15 is 0 Å². The normalized spacial score (nSPS) is 10.1. The van der Waals surface area contributed by atoms with Gasteiger partial charge in [-0.1, -0.05) is 29.3 Å². The van der Waals surface area contributed by atoms with Crippen LogP contribution in [-0.4, -0.2) is 23.5 Å². The molecule has 0 unspecified atom stereocenters. The van der Waals surface area contributed by atoms with Crippen molar-refractivity contribution in [2.24, 2.45) is 0 Å². The molecule has 0 saturated carbocycles. The fourth-order valence-electron chi connectivity index (χ4n) is 1.70. The summed E-state index contributed by atoms with van der Waals surface area (Å²) in [6.45, 7) is 1.93. The number of carbonyl (C=O) groups is 2. The van der Waals surface area contributed by atoms with Crippen LogP contribution in [0.2, 0.25) is 10.0 Å². The first-order chi connectivity index (χ1) is 10.5. The van der Waals surface area contributed by atoms with Gasteiger partial charge in [0.25, 0.3) is 5.91 Å². The molecule has 0 fully saturated rings. The number of amides is 1. The summed E-state index contributed by atoms with van der Waals surface area (Å²) in [5.41, 5.74) is 0.589. The Kier molecular flexibility index (Phi) is 5.35. The SMILES string of the molecule is CCOC(=O)c1cccc(C(=O)Nc2cc(Cl)cc(Cl)c2)n1. The third kappa shape index (κ3) is 4.19. The average molecular weight is 339 g/mol. The first kappa shape index (κ1) is 16.3. The summed E-state index contributed by atoms with van der Waals surface area (Å²) in [6.07, 6.45) is 0. The molecule has 1 N–H and O–H groups in total. The predicted molar refractivity (Wildman–Crippen MR) is 84.6 cm³/mol. The number of esters is 1. The molecule has 22 heavy (non-hydrogen) atoms. The molecular weight excluding hydrogens is 327 g/mol. The zero-order valence-corrected chi connectivity index (χ0v) is 13.1. The van der Waals surface area contributed by atoms with Crippen LogP contribution in [0.5, 0.6) is 0 Å². The summed E-state index contributed by atoms with van der Waals surface area (Å²) in [5.74, 6) is -1.06. The summed E-state index contributed by atoms with van der Waals surface area (Å²) in [5, 5.41) is 3.41. The topological polar surface area (TPSA) is 68.3 Å². The third-order valence-corrected chi connectivity index (χ3v) is 3.02. The molecular formula is C15H12Cl2N2O3. The first-order valence-electron chi connectivity index (χ1n) is 6.41. The molecule has 2 aromatic rings. The standard InChI is InChI=1S/C15H12Cl2N2O3/c1-2-22-15(21)13-5-3-4-12(19-13)14(20)18-11-7-9(16)6-10(17)8-11/h3-8H,2H2,1H3,(H,18,20). The molecule has 0 aliphatic rings. The highest BCUT2D eigenvalue weighted by Gasteiger charge is 2.13. The van der Waals surface area contributed by atoms with Crippen molar-refractivity contribution in [1.82, 2.24) is 4.98 Å². The summed E-state index contributed by atoms with van der Waals surface area (Å²) < 4.78 is 4.84. The number of ether oxygens (including phenoxy) is 1. The molecule has 5 nitrogen and oxygen atoms in total. The number of hydrogen-bond donors (Lipinski definition) is 1. The Morgan fingerprint density at radius 1 is 1.14 bits per heavy atom.